The van der Waals surface area contributed by atoms with Crippen LogP contribution in [0.3, 0.4) is 0 Å². The van der Waals surface area contributed by atoms with Crippen LogP contribution in [0.2, 0.25) is 0 Å². The van der Waals surface area contributed by atoms with E-state index in [1.54, 1.807) is 24.7 Å². The predicted octanol–water partition coefficient (Wildman–Crippen LogP) is 2.30. The molecule has 7 nitrogen and oxygen atoms in total. The van der Waals surface area contributed by atoms with Crippen molar-refractivity contribution >= 4 is 11.6 Å². The summed E-state index contributed by atoms with van der Waals surface area (Å²) in [5.41, 5.74) is 7.85. The standard InChI is InChI=1S/C20H18N4O3/c1-14(15-6-8-16(9-7-15)24-11-10-21-13-24)22-23-20(25)19-12-26-17-4-2-3-5-18(17)27-19/h2-11,13,19,22H,1,12H2,(H,23,25)/t19-/m1/s1. The minimum Gasteiger partial charge on any atom is -0.485 e. The maximum Gasteiger partial charge on any atom is 0.282 e. The molecule has 0 saturated carbocycles. The lowest BCUT2D eigenvalue weighted by Gasteiger charge is -2.25. The highest BCUT2D eigenvalue weighted by atomic mass is 16.6. The first-order valence-corrected chi connectivity index (χ1v) is 8.43. The molecule has 3 aromatic rings. The molecule has 0 radical (unpaired) electrons. The van der Waals surface area contributed by atoms with Crippen LogP contribution in [0.25, 0.3) is 11.4 Å². The van der Waals surface area contributed by atoms with Gasteiger partial charge in [-0.05, 0) is 29.8 Å². The Morgan fingerprint density at radius 2 is 1.89 bits per heavy atom. The smallest absolute Gasteiger partial charge is 0.282 e. The normalized spacial score (nSPS) is 15.0. The Bertz CT molecular complexity index is 952. The summed E-state index contributed by atoms with van der Waals surface area (Å²) in [4.78, 5) is 16.4. The zero-order valence-corrected chi connectivity index (χ0v) is 14.5. The highest BCUT2D eigenvalue weighted by Crippen LogP contribution is 2.30. The zero-order valence-electron chi connectivity index (χ0n) is 14.5. The van der Waals surface area contributed by atoms with E-state index in [9.17, 15) is 4.79 Å². The third-order valence-electron chi connectivity index (χ3n) is 4.16. The molecule has 2 N–H and O–H groups in total. The number of benzene rings is 2. The largest absolute Gasteiger partial charge is 0.485 e. The van der Waals surface area contributed by atoms with Gasteiger partial charge in [0.1, 0.15) is 6.61 Å². The van der Waals surface area contributed by atoms with Gasteiger partial charge >= 0.3 is 0 Å². The van der Waals surface area contributed by atoms with Crippen LogP contribution >= 0.6 is 0 Å². The molecule has 136 valence electrons. The molecule has 7 heteroatoms. The molecule has 0 spiro atoms. The van der Waals surface area contributed by atoms with E-state index >= 15 is 0 Å². The van der Waals surface area contributed by atoms with Crippen molar-refractivity contribution in [3.63, 3.8) is 0 Å². The number of nitrogens with one attached hydrogen (secondary N) is 2. The number of amides is 1. The number of nitrogens with zero attached hydrogens (tertiary/aromatic N) is 2. The second-order valence-corrected chi connectivity index (χ2v) is 5.97. The van der Waals surface area contributed by atoms with Crippen LogP contribution in [0, 0.1) is 0 Å². The Balaban J connectivity index is 1.33. The summed E-state index contributed by atoms with van der Waals surface area (Å²) in [7, 11) is 0. The van der Waals surface area contributed by atoms with Gasteiger partial charge < -0.3 is 14.0 Å². The SMILES string of the molecule is C=C(NNC(=O)[C@H]1COc2ccccc2O1)c1ccc(-n2ccnc2)cc1. The number of para-hydroxylation sites is 2. The lowest BCUT2D eigenvalue weighted by Crippen LogP contribution is -2.48. The van der Waals surface area contributed by atoms with Gasteiger partial charge in [0.2, 0.25) is 6.10 Å². The van der Waals surface area contributed by atoms with E-state index in [4.69, 9.17) is 9.47 Å². The van der Waals surface area contributed by atoms with Gasteiger partial charge in [-0.25, -0.2) is 4.98 Å². The molecule has 0 fully saturated rings. The molecule has 1 atom stereocenters. The number of fused-ring (bicyclic) bond motifs is 1. The van der Waals surface area contributed by atoms with Gasteiger partial charge in [-0.3, -0.25) is 15.6 Å². The van der Waals surface area contributed by atoms with E-state index in [1.807, 2.05) is 47.2 Å². The number of hydrazine groups is 1. The van der Waals surface area contributed by atoms with Crippen molar-refractivity contribution in [3.05, 3.63) is 79.4 Å². The molecular weight excluding hydrogens is 344 g/mol. The topological polar surface area (TPSA) is 77.4 Å². The fourth-order valence-corrected chi connectivity index (χ4v) is 2.69. The van der Waals surface area contributed by atoms with E-state index in [2.05, 4.69) is 22.4 Å². The van der Waals surface area contributed by atoms with Crippen molar-refractivity contribution in [2.45, 2.75) is 6.10 Å². The van der Waals surface area contributed by atoms with Gasteiger partial charge in [0.05, 0.1) is 12.0 Å². The average Bonchev–Trinajstić information content (AvgIpc) is 3.26. The fourth-order valence-electron chi connectivity index (χ4n) is 2.69. The first kappa shape index (κ1) is 16.7. The summed E-state index contributed by atoms with van der Waals surface area (Å²) in [6.07, 6.45) is 4.59. The van der Waals surface area contributed by atoms with Gasteiger partial charge in [0.15, 0.2) is 11.5 Å². The molecule has 4 rings (SSSR count). The average molecular weight is 362 g/mol. The first-order chi connectivity index (χ1) is 13.2. The molecule has 0 unspecified atom stereocenters. The van der Waals surface area contributed by atoms with E-state index in [-0.39, 0.29) is 12.5 Å². The molecule has 1 aromatic heterocycles. The summed E-state index contributed by atoms with van der Waals surface area (Å²) in [6.45, 7) is 4.10. The Morgan fingerprint density at radius 1 is 1.11 bits per heavy atom. The van der Waals surface area contributed by atoms with Crippen molar-refractivity contribution < 1.29 is 14.3 Å². The Labute approximate surface area is 156 Å². The number of carbonyl (C=O) groups is 1. The second-order valence-electron chi connectivity index (χ2n) is 5.97. The number of rotatable bonds is 5. The van der Waals surface area contributed by atoms with Crippen LogP contribution in [0.1, 0.15) is 5.56 Å². The summed E-state index contributed by atoms with van der Waals surface area (Å²) >= 11 is 0. The fraction of sp³-hybridized carbons (Fsp3) is 0.100. The predicted molar refractivity (Wildman–Crippen MR) is 100 cm³/mol. The van der Waals surface area contributed by atoms with Crippen LogP contribution in [0.4, 0.5) is 0 Å². The Morgan fingerprint density at radius 3 is 2.63 bits per heavy atom. The maximum absolute atomic E-state index is 12.3. The van der Waals surface area contributed by atoms with E-state index < -0.39 is 6.10 Å². The van der Waals surface area contributed by atoms with E-state index in [1.165, 1.54) is 0 Å². The number of imidazole rings is 1. The highest BCUT2D eigenvalue weighted by molar-refractivity contribution is 5.82. The molecule has 2 aromatic carbocycles. The molecule has 0 aliphatic carbocycles. The Kier molecular flexibility index (Phi) is 4.49. The minimum absolute atomic E-state index is 0.149. The van der Waals surface area contributed by atoms with E-state index in [0.29, 0.717) is 17.2 Å². The molecule has 0 bridgehead atoms. The number of carbonyl (C=O) groups excluding carboxylic acids is 1. The quantitative estimate of drug-likeness (QED) is 0.681. The number of hydrogen-bond acceptors (Lipinski definition) is 5. The number of hydrogen-bond donors (Lipinski definition) is 2. The lowest BCUT2D eigenvalue weighted by molar-refractivity contribution is -0.131. The summed E-state index contributed by atoms with van der Waals surface area (Å²) in [6, 6.07) is 15.0. The van der Waals surface area contributed by atoms with Gasteiger partial charge in [-0.15, -0.1) is 0 Å². The van der Waals surface area contributed by atoms with Crippen molar-refractivity contribution in [2.75, 3.05) is 6.61 Å². The molecule has 1 aliphatic heterocycles. The highest BCUT2D eigenvalue weighted by Gasteiger charge is 2.27. The summed E-state index contributed by atoms with van der Waals surface area (Å²) in [5.74, 6) is 0.857. The van der Waals surface area contributed by atoms with E-state index in [0.717, 1.165) is 11.3 Å². The van der Waals surface area contributed by atoms with Crippen LogP contribution in [-0.2, 0) is 4.79 Å². The summed E-state index contributed by atoms with van der Waals surface area (Å²) in [5, 5.41) is 0. The molecule has 1 aliphatic rings. The van der Waals surface area contributed by atoms with Gasteiger partial charge in [-0.2, -0.15) is 0 Å². The molecule has 2 heterocycles. The monoisotopic (exact) mass is 362 g/mol. The second kappa shape index (κ2) is 7.25. The minimum atomic E-state index is -0.733. The van der Waals surface area contributed by atoms with Gasteiger partial charge in [-0.1, -0.05) is 30.8 Å². The zero-order chi connectivity index (χ0) is 18.6. The van der Waals surface area contributed by atoms with Gasteiger partial charge in [0, 0.05) is 18.1 Å². The van der Waals surface area contributed by atoms with Crippen molar-refractivity contribution in [1.29, 1.82) is 0 Å². The van der Waals surface area contributed by atoms with Crippen LogP contribution < -0.4 is 20.3 Å². The van der Waals surface area contributed by atoms with Crippen molar-refractivity contribution in [2.24, 2.45) is 0 Å². The van der Waals surface area contributed by atoms with Gasteiger partial charge in [0.25, 0.3) is 5.91 Å². The molecule has 0 saturated heterocycles. The lowest BCUT2D eigenvalue weighted by atomic mass is 10.1. The summed E-state index contributed by atoms with van der Waals surface area (Å²) < 4.78 is 13.1. The van der Waals surface area contributed by atoms with Crippen LogP contribution in [0.5, 0.6) is 11.5 Å². The molecular formula is C20H18N4O3. The van der Waals surface area contributed by atoms with Crippen LogP contribution in [0.15, 0.2) is 73.8 Å². The van der Waals surface area contributed by atoms with Crippen molar-refractivity contribution in [1.82, 2.24) is 20.4 Å². The first-order valence-electron chi connectivity index (χ1n) is 8.43. The number of ether oxygens (including phenoxy) is 2. The van der Waals surface area contributed by atoms with Crippen molar-refractivity contribution in [3.8, 4) is 17.2 Å². The third-order valence-corrected chi connectivity index (χ3v) is 4.16. The number of aromatic nitrogens is 2. The molecule has 27 heavy (non-hydrogen) atoms. The maximum atomic E-state index is 12.3. The molecule has 1 amide bonds. The third kappa shape index (κ3) is 3.62. The Hall–Kier alpha value is -3.74. The van der Waals surface area contributed by atoms with Crippen LogP contribution in [-0.4, -0.2) is 28.2 Å².